The van der Waals surface area contributed by atoms with Crippen molar-refractivity contribution in [1.29, 1.82) is 0 Å². The molecule has 0 aliphatic heterocycles. The smallest absolute Gasteiger partial charge is 0.342 e. The third-order valence-electron chi connectivity index (χ3n) is 2.00. The molecule has 0 saturated heterocycles. The van der Waals surface area contributed by atoms with Gasteiger partial charge >= 0.3 is 11.9 Å². The fraction of sp³-hybridized carbons (Fsp3) is 0.0667. The first-order chi connectivity index (χ1) is 9.24. The molecule has 0 atom stereocenters. The molecule has 0 radical (unpaired) electrons. The molecule has 0 saturated carbocycles. The van der Waals surface area contributed by atoms with Crippen LogP contribution in [0.1, 0.15) is 10.4 Å². The van der Waals surface area contributed by atoms with Gasteiger partial charge in [0.1, 0.15) is 6.61 Å². The van der Waals surface area contributed by atoms with Crippen LogP contribution in [0.15, 0.2) is 67.5 Å². The summed E-state index contributed by atoms with van der Waals surface area (Å²) in [5, 5.41) is 0. The Hall–Kier alpha value is -2.62. The number of hydrogen-bond acceptors (Lipinski definition) is 4. The van der Waals surface area contributed by atoms with Gasteiger partial charge in [-0.15, -0.1) is 0 Å². The van der Waals surface area contributed by atoms with E-state index in [4.69, 9.17) is 9.47 Å². The van der Waals surface area contributed by atoms with Crippen molar-refractivity contribution in [3.63, 3.8) is 0 Å². The van der Waals surface area contributed by atoms with Crippen molar-refractivity contribution >= 4 is 11.9 Å². The van der Waals surface area contributed by atoms with Crippen LogP contribution in [0.4, 0.5) is 0 Å². The van der Waals surface area contributed by atoms with Crippen LogP contribution in [-0.4, -0.2) is 18.5 Å². The maximum atomic E-state index is 11.5. The third-order valence-corrected chi connectivity index (χ3v) is 2.00. The van der Waals surface area contributed by atoms with Crippen LogP contribution in [0, 0.1) is 0 Å². The van der Waals surface area contributed by atoms with Gasteiger partial charge in [0, 0.05) is 6.08 Å². The summed E-state index contributed by atoms with van der Waals surface area (Å²) in [5.41, 5.74) is 0.482. The Morgan fingerprint density at radius 1 is 1.16 bits per heavy atom. The summed E-state index contributed by atoms with van der Waals surface area (Å²) in [6, 6.07) is 8.67. The van der Waals surface area contributed by atoms with Gasteiger partial charge in [0.2, 0.25) is 0 Å². The molecule has 4 nitrogen and oxygen atoms in total. The Morgan fingerprint density at radius 2 is 1.89 bits per heavy atom. The largest absolute Gasteiger partial charge is 0.458 e. The molecule has 1 rings (SSSR count). The topological polar surface area (TPSA) is 52.6 Å². The Kier molecular flexibility index (Phi) is 6.44. The fourth-order valence-electron chi connectivity index (χ4n) is 1.11. The van der Waals surface area contributed by atoms with Crippen molar-refractivity contribution < 1.29 is 19.1 Å². The van der Waals surface area contributed by atoms with Crippen LogP contribution < -0.4 is 0 Å². The summed E-state index contributed by atoms with van der Waals surface area (Å²) < 4.78 is 9.58. The molecule has 0 heterocycles. The molecule has 98 valence electrons. The molecule has 0 fully saturated rings. The Labute approximate surface area is 111 Å². The number of hydrogen-bond donors (Lipinski definition) is 0. The monoisotopic (exact) mass is 258 g/mol. The van der Waals surface area contributed by atoms with Crippen molar-refractivity contribution in [2.24, 2.45) is 0 Å². The third kappa shape index (κ3) is 6.02. The first kappa shape index (κ1) is 14.4. The molecule has 4 heteroatoms. The molecule has 0 aliphatic rings. The van der Waals surface area contributed by atoms with Crippen LogP contribution in [-0.2, 0) is 14.3 Å². The number of ether oxygens (including phenoxy) is 2. The standard InChI is InChI=1S/C15H14O4/c1-2-14(16)18-11-7-4-8-12-19-15(17)13-9-5-3-6-10-13/h2-10,12H,1,11H2/b7-4+,12-8+. The highest BCUT2D eigenvalue weighted by atomic mass is 16.5. The van der Waals surface area contributed by atoms with Crippen molar-refractivity contribution in [1.82, 2.24) is 0 Å². The molecule has 0 bridgehead atoms. The van der Waals surface area contributed by atoms with Gasteiger partial charge in [-0.1, -0.05) is 30.9 Å². The van der Waals surface area contributed by atoms with E-state index < -0.39 is 11.9 Å². The minimum Gasteiger partial charge on any atom is -0.458 e. The molecule has 0 unspecified atom stereocenters. The average Bonchev–Trinajstić information content (AvgIpc) is 2.46. The van der Waals surface area contributed by atoms with Crippen LogP contribution >= 0.6 is 0 Å². The van der Waals surface area contributed by atoms with Crippen molar-refractivity contribution in [2.75, 3.05) is 6.61 Å². The summed E-state index contributed by atoms with van der Waals surface area (Å²) in [5.74, 6) is -0.910. The molecule has 1 aromatic rings. The van der Waals surface area contributed by atoms with Crippen LogP contribution in [0.5, 0.6) is 0 Å². The highest BCUT2D eigenvalue weighted by molar-refractivity contribution is 5.89. The van der Waals surface area contributed by atoms with Gasteiger partial charge in [-0.25, -0.2) is 9.59 Å². The van der Waals surface area contributed by atoms with E-state index in [1.165, 1.54) is 12.3 Å². The summed E-state index contributed by atoms with van der Waals surface area (Å²) in [4.78, 5) is 22.2. The van der Waals surface area contributed by atoms with Gasteiger partial charge in [-0.05, 0) is 24.3 Å². The lowest BCUT2D eigenvalue weighted by Crippen LogP contribution is -1.99. The van der Waals surface area contributed by atoms with E-state index in [1.807, 2.05) is 6.07 Å². The van der Waals surface area contributed by atoms with Crippen molar-refractivity contribution in [2.45, 2.75) is 0 Å². The van der Waals surface area contributed by atoms with E-state index >= 15 is 0 Å². The summed E-state index contributed by atoms with van der Waals surface area (Å²) in [7, 11) is 0. The summed E-state index contributed by atoms with van der Waals surface area (Å²) >= 11 is 0. The van der Waals surface area contributed by atoms with E-state index in [1.54, 1.807) is 36.4 Å². The lowest BCUT2D eigenvalue weighted by Gasteiger charge is -1.97. The van der Waals surface area contributed by atoms with Gasteiger partial charge in [0.15, 0.2) is 0 Å². The maximum Gasteiger partial charge on any atom is 0.342 e. The number of allylic oxidation sites excluding steroid dienone is 2. The second kappa shape index (κ2) is 8.47. The molecule has 1 aromatic carbocycles. The fourth-order valence-corrected chi connectivity index (χ4v) is 1.11. The average molecular weight is 258 g/mol. The number of rotatable bonds is 6. The number of carbonyl (C=O) groups excluding carboxylic acids is 2. The van der Waals surface area contributed by atoms with Crippen molar-refractivity contribution in [3.05, 3.63) is 73.0 Å². The highest BCUT2D eigenvalue weighted by Crippen LogP contribution is 2.01. The van der Waals surface area contributed by atoms with Crippen LogP contribution in [0.2, 0.25) is 0 Å². The molecule has 0 amide bonds. The van der Waals surface area contributed by atoms with Crippen molar-refractivity contribution in [3.8, 4) is 0 Å². The van der Waals surface area contributed by atoms with Gasteiger partial charge in [-0.3, -0.25) is 0 Å². The second-order valence-electron chi connectivity index (χ2n) is 3.36. The highest BCUT2D eigenvalue weighted by Gasteiger charge is 2.02. The molecule has 0 spiro atoms. The maximum absolute atomic E-state index is 11.5. The van der Waals surface area contributed by atoms with Crippen LogP contribution in [0.25, 0.3) is 0 Å². The first-order valence-electron chi connectivity index (χ1n) is 5.61. The summed E-state index contributed by atoms with van der Waals surface area (Å²) in [6.45, 7) is 3.41. The number of carbonyl (C=O) groups is 2. The molecular formula is C15H14O4. The minimum atomic E-state index is -0.482. The van der Waals surface area contributed by atoms with Gasteiger partial charge in [0.05, 0.1) is 11.8 Å². The van der Waals surface area contributed by atoms with Crippen LogP contribution in [0.3, 0.4) is 0 Å². The molecule has 0 aliphatic carbocycles. The lowest BCUT2D eigenvalue weighted by atomic mass is 10.2. The number of esters is 2. The van der Waals surface area contributed by atoms with Gasteiger partial charge in [-0.2, -0.15) is 0 Å². The van der Waals surface area contributed by atoms with E-state index in [9.17, 15) is 9.59 Å². The van der Waals surface area contributed by atoms with E-state index in [-0.39, 0.29) is 6.61 Å². The molecule has 19 heavy (non-hydrogen) atoms. The number of benzene rings is 1. The second-order valence-corrected chi connectivity index (χ2v) is 3.36. The normalized spacial score (nSPS) is 10.5. The molecule has 0 aromatic heterocycles. The van der Waals surface area contributed by atoms with E-state index in [0.29, 0.717) is 5.56 Å². The van der Waals surface area contributed by atoms with E-state index in [0.717, 1.165) is 6.08 Å². The molecule has 0 N–H and O–H groups in total. The van der Waals surface area contributed by atoms with E-state index in [2.05, 4.69) is 6.58 Å². The first-order valence-corrected chi connectivity index (χ1v) is 5.61. The Balaban J connectivity index is 2.27. The Morgan fingerprint density at radius 3 is 2.58 bits per heavy atom. The zero-order valence-corrected chi connectivity index (χ0v) is 10.3. The minimum absolute atomic E-state index is 0.141. The Bertz CT molecular complexity index is 486. The zero-order valence-electron chi connectivity index (χ0n) is 10.3. The van der Waals surface area contributed by atoms with Gasteiger partial charge in [0.25, 0.3) is 0 Å². The zero-order chi connectivity index (χ0) is 13.9. The predicted octanol–water partition coefficient (Wildman–Crippen LogP) is 2.64. The SMILES string of the molecule is C=CC(=O)OC/C=C/C=C/OC(=O)c1ccccc1. The molecular weight excluding hydrogens is 244 g/mol. The lowest BCUT2D eigenvalue weighted by molar-refractivity contribution is -0.136. The predicted molar refractivity (Wildman–Crippen MR) is 71.3 cm³/mol. The van der Waals surface area contributed by atoms with Gasteiger partial charge < -0.3 is 9.47 Å². The quantitative estimate of drug-likeness (QED) is 0.340. The summed E-state index contributed by atoms with van der Waals surface area (Å²) in [6.07, 6.45) is 7.10.